The largest absolute Gasteiger partial charge is 0.480 e. The van der Waals surface area contributed by atoms with Crippen LogP contribution in [0, 0.1) is 5.92 Å². The van der Waals surface area contributed by atoms with Crippen LogP contribution in [-0.2, 0) is 9.53 Å². The van der Waals surface area contributed by atoms with E-state index in [9.17, 15) is 9.59 Å². The molecule has 7 heteroatoms. The van der Waals surface area contributed by atoms with Crippen molar-refractivity contribution >= 4 is 12.0 Å². The molecule has 0 aromatic carbocycles. The van der Waals surface area contributed by atoms with E-state index < -0.39 is 5.97 Å². The summed E-state index contributed by atoms with van der Waals surface area (Å²) in [5.41, 5.74) is 0. The molecule has 0 saturated heterocycles. The second-order valence-electron chi connectivity index (χ2n) is 5.25. The number of methoxy groups -OCH3 is 1. The first-order valence-electron chi connectivity index (χ1n) is 6.95. The molecule has 7 nitrogen and oxygen atoms in total. The number of hydrogen-bond donors (Lipinski definition) is 2. The van der Waals surface area contributed by atoms with Crippen LogP contribution < -0.4 is 5.32 Å². The Morgan fingerprint density at radius 3 is 2.60 bits per heavy atom. The first-order valence-corrected chi connectivity index (χ1v) is 6.95. The minimum absolute atomic E-state index is 0.234. The van der Waals surface area contributed by atoms with E-state index in [1.807, 2.05) is 11.9 Å². The van der Waals surface area contributed by atoms with E-state index in [1.54, 1.807) is 7.11 Å². The van der Waals surface area contributed by atoms with E-state index in [2.05, 4.69) is 5.32 Å². The van der Waals surface area contributed by atoms with E-state index in [4.69, 9.17) is 9.84 Å². The Hall–Kier alpha value is -1.34. The van der Waals surface area contributed by atoms with Crippen molar-refractivity contribution in [2.45, 2.75) is 12.8 Å². The number of carboxylic acid groups (broad SMARTS) is 1. The van der Waals surface area contributed by atoms with Gasteiger partial charge in [-0.2, -0.15) is 0 Å². The van der Waals surface area contributed by atoms with Crippen LogP contribution in [0.5, 0.6) is 0 Å². The van der Waals surface area contributed by atoms with Gasteiger partial charge >= 0.3 is 12.0 Å². The second kappa shape index (κ2) is 8.76. The van der Waals surface area contributed by atoms with Crippen LogP contribution in [0.25, 0.3) is 0 Å². The summed E-state index contributed by atoms with van der Waals surface area (Å²) in [5.74, 6) is -0.498. The van der Waals surface area contributed by atoms with E-state index in [0.717, 1.165) is 19.4 Å². The van der Waals surface area contributed by atoms with Gasteiger partial charge in [-0.1, -0.05) is 0 Å². The molecule has 1 aliphatic rings. The quantitative estimate of drug-likeness (QED) is 0.594. The number of carboxylic acids is 1. The lowest BCUT2D eigenvalue weighted by Crippen LogP contribution is -2.45. The maximum atomic E-state index is 11.9. The van der Waals surface area contributed by atoms with E-state index >= 15 is 0 Å². The molecule has 1 fully saturated rings. The topological polar surface area (TPSA) is 82.1 Å². The third-order valence-electron chi connectivity index (χ3n) is 3.24. The van der Waals surface area contributed by atoms with Crippen LogP contribution in [0.3, 0.4) is 0 Å². The summed E-state index contributed by atoms with van der Waals surface area (Å²) in [6, 6.07) is -0.292. The molecule has 2 amide bonds. The highest BCUT2D eigenvalue weighted by Gasteiger charge is 2.27. The van der Waals surface area contributed by atoms with Gasteiger partial charge in [0.15, 0.2) is 0 Å². The molecule has 2 N–H and O–H groups in total. The molecule has 0 aromatic heterocycles. The van der Waals surface area contributed by atoms with Crippen molar-refractivity contribution in [3.63, 3.8) is 0 Å². The van der Waals surface area contributed by atoms with Gasteiger partial charge in [-0.25, -0.2) is 4.79 Å². The van der Waals surface area contributed by atoms with Gasteiger partial charge < -0.3 is 25.0 Å². The van der Waals surface area contributed by atoms with Crippen molar-refractivity contribution in [2.24, 2.45) is 5.92 Å². The highest BCUT2D eigenvalue weighted by atomic mass is 16.5. The monoisotopic (exact) mass is 287 g/mol. The summed E-state index contributed by atoms with van der Waals surface area (Å²) in [6.07, 6.45) is 2.17. The fraction of sp³-hybridized carbons (Fsp3) is 0.846. The molecule has 1 saturated carbocycles. The summed E-state index contributed by atoms with van der Waals surface area (Å²) in [4.78, 5) is 26.2. The minimum Gasteiger partial charge on any atom is -0.480 e. The van der Waals surface area contributed by atoms with Gasteiger partial charge in [-0.3, -0.25) is 4.79 Å². The number of likely N-dealkylation sites (N-methyl/N-ethyl adjacent to an activating group) is 1. The number of urea groups is 1. The van der Waals surface area contributed by atoms with Gasteiger partial charge in [0.1, 0.15) is 6.54 Å². The predicted molar refractivity (Wildman–Crippen MR) is 74.7 cm³/mol. The normalized spacial score (nSPS) is 14.3. The van der Waals surface area contributed by atoms with E-state index in [0.29, 0.717) is 32.2 Å². The number of nitrogens with one attached hydrogen (secondary N) is 1. The third-order valence-corrected chi connectivity index (χ3v) is 3.24. The van der Waals surface area contributed by atoms with Crippen molar-refractivity contribution in [3.05, 3.63) is 0 Å². The second-order valence-corrected chi connectivity index (χ2v) is 5.25. The number of hydrogen-bond acceptors (Lipinski definition) is 4. The van der Waals surface area contributed by atoms with Gasteiger partial charge in [-0.05, 0) is 25.8 Å². The number of amides is 2. The van der Waals surface area contributed by atoms with Gasteiger partial charge in [-0.15, -0.1) is 0 Å². The molecule has 0 aromatic rings. The van der Waals surface area contributed by atoms with Crippen molar-refractivity contribution in [2.75, 3.05) is 53.5 Å². The zero-order valence-electron chi connectivity index (χ0n) is 12.3. The van der Waals surface area contributed by atoms with Crippen LogP contribution in [0.4, 0.5) is 4.79 Å². The first kappa shape index (κ1) is 16.7. The standard InChI is InChI=1S/C13H25N3O4/c1-15(7-8-20-2)6-5-14-13(19)16(10-12(17)18)9-11-3-4-11/h11H,3-10H2,1-2H3,(H,14,19)(H,17,18). The van der Waals surface area contributed by atoms with Crippen molar-refractivity contribution in [1.29, 1.82) is 0 Å². The number of carbonyl (C=O) groups excluding carboxylic acids is 1. The summed E-state index contributed by atoms with van der Waals surface area (Å²) >= 11 is 0. The zero-order chi connectivity index (χ0) is 15.0. The number of aliphatic carboxylic acids is 1. The summed E-state index contributed by atoms with van der Waals surface area (Å²) in [7, 11) is 3.60. The highest BCUT2D eigenvalue weighted by molar-refractivity contribution is 5.80. The molecule has 0 radical (unpaired) electrons. The van der Waals surface area contributed by atoms with Crippen LogP contribution in [0.2, 0.25) is 0 Å². The molecular weight excluding hydrogens is 262 g/mol. The van der Waals surface area contributed by atoms with Gasteiger partial charge in [0.25, 0.3) is 0 Å². The number of rotatable bonds is 10. The molecule has 0 heterocycles. The number of nitrogens with zero attached hydrogens (tertiary/aromatic N) is 2. The predicted octanol–water partition coefficient (Wildman–Crippen LogP) is 0.0708. The van der Waals surface area contributed by atoms with Crippen molar-refractivity contribution < 1.29 is 19.4 Å². The molecule has 0 unspecified atom stereocenters. The Bertz CT molecular complexity index is 321. The average Bonchev–Trinajstić information content (AvgIpc) is 3.18. The van der Waals surface area contributed by atoms with E-state index in [1.165, 1.54) is 4.90 Å². The van der Waals surface area contributed by atoms with Crippen LogP contribution in [0.15, 0.2) is 0 Å². The Balaban J connectivity index is 2.24. The maximum Gasteiger partial charge on any atom is 0.323 e. The lowest BCUT2D eigenvalue weighted by Gasteiger charge is -2.22. The molecular formula is C13H25N3O4. The lowest BCUT2D eigenvalue weighted by molar-refractivity contribution is -0.137. The Morgan fingerprint density at radius 2 is 2.05 bits per heavy atom. The number of ether oxygens (including phenoxy) is 1. The fourth-order valence-corrected chi connectivity index (χ4v) is 1.82. The molecule has 0 aliphatic heterocycles. The molecule has 0 atom stereocenters. The molecule has 0 bridgehead atoms. The molecule has 0 spiro atoms. The first-order chi connectivity index (χ1) is 9.52. The minimum atomic E-state index is -0.974. The van der Waals surface area contributed by atoms with Crippen LogP contribution >= 0.6 is 0 Å². The van der Waals surface area contributed by atoms with E-state index in [-0.39, 0.29) is 12.6 Å². The summed E-state index contributed by atoms with van der Waals surface area (Å²) < 4.78 is 4.97. The van der Waals surface area contributed by atoms with Crippen LogP contribution in [0.1, 0.15) is 12.8 Å². The molecule has 116 valence electrons. The summed E-state index contributed by atoms with van der Waals surface area (Å²) in [5, 5.41) is 11.6. The fourth-order valence-electron chi connectivity index (χ4n) is 1.82. The summed E-state index contributed by atoms with van der Waals surface area (Å²) in [6.45, 7) is 2.96. The molecule has 1 rings (SSSR count). The Kier molecular flexibility index (Phi) is 7.32. The third kappa shape index (κ3) is 7.30. The Morgan fingerprint density at radius 1 is 1.35 bits per heavy atom. The van der Waals surface area contributed by atoms with Gasteiger partial charge in [0.2, 0.25) is 0 Å². The zero-order valence-corrected chi connectivity index (χ0v) is 12.3. The molecule has 20 heavy (non-hydrogen) atoms. The lowest BCUT2D eigenvalue weighted by atomic mass is 10.3. The maximum absolute atomic E-state index is 11.9. The molecule has 1 aliphatic carbocycles. The SMILES string of the molecule is COCCN(C)CCNC(=O)N(CC(=O)O)CC1CC1. The van der Waals surface area contributed by atoms with Crippen molar-refractivity contribution in [1.82, 2.24) is 15.1 Å². The van der Waals surface area contributed by atoms with Crippen molar-refractivity contribution in [3.8, 4) is 0 Å². The smallest absolute Gasteiger partial charge is 0.323 e. The average molecular weight is 287 g/mol. The highest BCUT2D eigenvalue weighted by Crippen LogP contribution is 2.29. The van der Waals surface area contributed by atoms with Gasteiger partial charge in [0.05, 0.1) is 6.61 Å². The van der Waals surface area contributed by atoms with Crippen LogP contribution in [-0.4, -0.2) is 80.4 Å². The van der Waals surface area contributed by atoms with Gasteiger partial charge in [0, 0.05) is 33.3 Å². The number of carbonyl (C=O) groups is 2. The Labute approximate surface area is 119 Å².